The molecule has 0 amide bonds. The first-order valence-electron chi connectivity index (χ1n) is 11.1. The lowest BCUT2D eigenvalue weighted by Gasteiger charge is -2.24. The average molecular weight is 466 g/mol. The van der Waals surface area contributed by atoms with Gasteiger partial charge in [-0.2, -0.15) is 0 Å². The Labute approximate surface area is 195 Å². The van der Waals surface area contributed by atoms with Crippen LogP contribution >= 0.6 is 11.3 Å². The van der Waals surface area contributed by atoms with Crippen molar-refractivity contribution in [2.75, 3.05) is 24.6 Å². The normalized spacial score (nSPS) is 15.9. The molecule has 172 valence electrons. The topological polar surface area (TPSA) is 77.0 Å². The maximum absolute atomic E-state index is 13.5. The van der Waals surface area contributed by atoms with E-state index in [-0.39, 0.29) is 12.2 Å². The van der Waals surface area contributed by atoms with E-state index in [0.29, 0.717) is 26.4 Å². The molecule has 0 saturated carbocycles. The summed E-state index contributed by atoms with van der Waals surface area (Å²) in [5, 5.41) is 0. The first-order chi connectivity index (χ1) is 16.0. The first kappa shape index (κ1) is 22.8. The Kier molecular flexibility index (Phi) is 6.65. The Morgan fingerprint density at radius 3 is 2.58 bits per heavy atom. The number of carbonyl (C=O) groups is 1. The summed E-state index contributed by atoms with van der Waals surface area (Å²) < 4.78 is 13.3. The summed E-state index contributed by atoms with van der Waals surface area (Å²) >= 11 is 1.28. The zero-order valence-corrected chi connectivity index (χ0v) is 20.0. The number of hydrogen-bond acceptors (Lipinski definition) is 7. The zero-order chi connectivity index (χ0) is 23.5. The van der Waals surface area contributed by atoms with Gasteiger partial charge in [0.1, 0.15) is 5.76 Å². The minimum Gasteiger partial charge on any atom is -0.463 e. The Morgan fingerprint density at radius 2 is 1.91 bits per heavy atom. The van der Waals surface area contributed by atoms with Crippen LogP contribution in [0.25, 0.3) is 6.08 Å². The quantitative estimate of drug-likeness (QED) is 0.501. The van der Waals surface area contributed by atoms with Gasteiger partial charge in [0.25, 0.3) is 5.56 Å². The fourth-order valence-electron chi connectivity index (χ4n) is 4.00. The number of allylic oxidation sites excluding steroid dienone is 1. The Hall–Kier alpha value is -3.39. The maximum atomic E-state index is 13.5. The molecular formula is C25H27N3O4S. The molecule has 7 nitrogen and oxygen atoms in total. The monoisotopic (exact) mass is 465 g/mol. The number of ether oxygens (including phenoxy) is 1. The Bertz CT molecular complexity index is 1360. The third-order valence-electron chi connectivity index (χ3n) is 5.59. The van der Waals surface area contributed by atoms with E-state index in [1.54, 1.807) is 24.5 Å². The molecule has 8 heteroatoms. The van der Waals surface area contributed by atoms with E-state index in [1.165, 1.54) is 11.3 Å². The van der Waals surface area contributed by atoms with Crippen molar-refractivity contribution in [3.63, 3.8) is 0 Å². The van der Waals surface area contributed by atoms with Crippen LogP contribution in [0.15, 0.2) is 67.9 Å². The highest BCUT2D eigenvalue weighted by molar-refractivity contribution is 7.07. The highest BCUT2D eigenvalue weighted by Gasteiger charge is 2.33. The summed E-state index contributed by atoms with van der Waals surface area (Å²) in [7, 11) is 0. The molecular weight excluding hydrogens is 438 g/mol. The Morgan fingerprint density at radius 1 is 1.18 bits per heavy atom. The molecule has 1 aromatic carbocycles. The molecule has 0 fully saturated rings. The molecule has 0 spiro atoms. The van der Waals surface area contributed by atoms with E-state index in [2.05, 4.69) is 23.7 Å². The summed E-state index contributed by atoms with van der Waals surface area (Å²) in [5.41, 5.74) is 1.53. The standard InChI is InChI=1S/C25H27N3O4S/c1-5-27(6-2)20-14-13-18(32-20)15-19-23(29)28-22(17-11-9-8-10-12-17)21(24(30)31-7-3)16(4)26-25(28)33-19/h8-15,22H,5-7H2,1-4H3/b19-15-. The van der Waals surface area contributed by atoms with Crippen LogP contribution in [0.5, 0.6) is 0 Å². The average Bonchev–Trinajstić information content (AvgIpc) is 3.39. The van der Waals surface area contributed by atoms with Gasteiger partial charge in [-0.1, -0.05) is 41.7 Å². The molecule has 0 aliphatic carbocycles. The first-order valence-corrected chi connectivity index (χ1v) is 11.9. The van der Waals surface area contributed by atoms with Gasteiger partial charge >= 0.3 is 5.97 Å². The predicted octanol–water partition coefficient (Wildman–Crippen LogP) is 3.24. The van der Waals surface area contributed by atoms with Gasteiger partial charge in [0.15, 0.2) is 10.7 Å². The molecule has 3 heterocycles. The molecule has 1 unspecified atom stereocenters. The fraction of sp³-hybridized carbons (Fsp3) is 0.320. The van der Waals surface area contributed by atoms with E-state index in [0.717, 1.165) is 24.5 Å². The van der Waals surface area contributed by atoms with Gasteiger partial charge in [-0.25, -0.2) is 9.79 Å². The number of carbonyl (C=O) groups excluding carboxylic acids is 1. The molecule has 4 rings (SSSR count). The van der Waals surface area contributed by atoms with Gasteiger partial charge in [0, 0.05) is 25.2 Å². The van der Waals surface area contributed by atoms with Crippen LogP contribution in [0.4, 0.5) is 5.88 Å². The minimum absolute atomic E-state index is 0.220. The highest BCUT2D eigenvalue weighted by atomic mass is 32.1. The van der Waals surface area contributed by atoms with Crippen LogP contribution in [-0.4, -0.2) is 30.2 Å². The van der Waals surface area contributed by atoms with Gasteiger partial charge in [-0.15, -0.1) is 0 Å². The molecule has 1 atom stereocenters. The molecule has 1 aliphatic heterocycles. The van der Waals surface area contributed by atoms with Crippen LogP contribution in [0.2, 0.25) is 0 Å². The lowest BCUT2D eigenvalue weighted by molar-refractivity contribution is -0.139. The van der Waals surface area contributed by atoms with Crippen molar-refractivity contribution >= 4 is 29.3 Å². The summed E-state index contributed by atoms with van der Waals surface area (Å²) in [4.78, 5) is 33.6. The predicted molar refractivity (Wildman–Crippen MR) is 129 cm³/mol. The molecule has 2 aromatic heterocycles. The zero-order valence-electron chi connectivity index (χ0n) is 19.2. The van der Waals surface area contributed by atoms with Gasteiger partial charge in [-0.3, -0.25) is 9.36 Å². The third-order valence-corrected chi connectivity index (χ3v) is 6.58. The minimum atomic E-state index is -0.605. The van der Waals surface area contributed by atoms with E-state index in [1.807, 2.05) is 42.5 Å². The van der Waals surface area contributed by atoms with Crippen LogP contribution in [0, 0.1) is 0 Å². The second kappa shape index (κ2) is 9.62. The van der Waals surface area contributed by atoms with Crippen molar-refractivity contribution in [1.29, 1.82) is 0 Å². The number of anilines is 1. The number of esters is 1. The largest absolute Gasteiger partial charge is 0.463 e. The maximum Gasteiger partial charge on any atom is 0.338 e. The Balaban J connectivity index is 1.87. The van der Waals surface area contributed by atoms with Crippen LogP contribution in [-0.2, 0) is 9.53 Å². The van der Waals surface area contributed by atoms with Crippen molar-refractivity contribution < 1.29 is 13.9 Å². The highest BCUT2D eigenvalue weighted by Crippen LogP contribution is 2.30. The van der Waals surface area contributed by atoms with Gasteiger partial charge < -0.3 is 14.1 Å². The summed E-state index contributed by atoms with van der Waals surface area (Å²) in [6.07, 6.45) is 1.74. The van der Waals surface area contributed by atoms with Crippen molar-refractivity contribution in [2.24, 2.45) is 4.99 Å². The second-order valence-electron chi connectivity index (χ2n) is 7.56. The molecule has 33 heavy (non-hydrogen) atoms. The number of rotatable bonds is 7. The van der Waals surface area contributed by atoms with Crippen molar-refractivity contribution in [1.82, 2.24) is 4.57 Å². The number of hydrogen-bond donors (Lipinski definition) is 0. The van der Waals surface area contributed by atoms with Crippen molar-refractivity contribution in [2.45, 2.75) is 33.7 Å². The summed E-state index contributed by atoms with van der Waals surface area (Å²) in [6.45, 7) is 9.58. The van der Waals surface area contributed by atoms with E-state index in [4.69, 9.17) is 9.15 Å². The number of thiazole rings is 1. The van der Waals surface area contributed by atoms with Crippen molar-refractivity contribution in [3.8, 4) is 0 Å². The number of furan rings is 1. The van der Waals surface area contributed by atoms with E-state index in [9.17, 15) is 9.59 Å². The molecule has 0 saturated heterocycles. The van der Waals surface area contributed by atoms with Gasteiger partial charge in [-0.05, 0) is 39.3 Å². The van der Waals surface area contributed by atoms with Crippen molar-refractivity contribution in [3.05, 3.63) is 84.7 Å². The number of fused-ring (bicyclic) bond motifs is 1. The van der Waals surface area contributed by atoms with Gasteiger partial charge in [0.05, 0.1) is 28.5 Å². The smallest absolute Gasteiger partial charge is 0.338 e. The van der Waals surface area contributed by atoms with Gasteiger partial charge in [0.2, 0.25) is 0 Å². The van der Waals surface area contributed by atoms with E-state index < -0.39 is 12.0 Å². The summed E-state index contributed by atoms with van der Waals surface area (Å²) in [6, 6.07) is 12.7. The SMILES string of the molecule is CCOC(=O)C1=C(C)N=c2s/c(=C\c3ccc(N(CC)CC)o3)c(=O)n2C1c1ccccc1. The number of nitrogens with zero attached hydrogens (tertiary/aromatic N) is 3. The van der Waals surface area contributed by atoms with Crippen LogP contribution in [0.1, 0.15) is 45.1 Å². The molecule has 0 radical (unpaired) electrons. The molecule has 1 aliphatic rings. The molecule has 3 aromatic rings. The summed E-state index contributed by atoms with van der Waals surface area (Å²) in [5.74, 6) is 0.901. The fourth-order valence-corrected chi connectivity index (χ4v) is 5.02. The van der Waals surface area contributed by atoms with Crippen LogP contribution < -0.4 is 19.8 Å². The molecule has 0 N–H and O–H groups in total. The lowest BCUT2D eigenvalue weighted by Crippen LogP contribution is -2.39. The van der Waals surface area contributed by atoms with Crippen LogP contribution in [0.3, 0.4) is 0 Å². The second-order valence-corrected chi connectivity index (χ2v) is 8.57. The molecule has 0 bridgehead atoms. The third kappa shape index (κ3) is 4.30. The lowest BCUT2D eigenvalue weighted by atomic mass is 9.96. The number of aromatic nitrogens is 1. The number of benzene rings is 1. The van der Waals surface area contributed by atoms with E-state index >= 15 is 0 Å².